The molecule has 0 aliphatic heterocycles. The van der Waals surface area contributed by atoms with Crippen molar-refractivity contribution in [3.05, 3.63) is 11.6 Å². The third-order valence-corrected chi connectivity index (χ3v) is 6.91. The molecule has 2 saturated carbocycles. The lowest BCUT2D eigenvalue weighted by Crippen LogP contribution is -2.42. The largest absolute Gasteiger partial charge is 0.393 e. The highest BCUT2D eigenvalue weighted by Gasteiger charge is 2.39. The number of thiazole rings is 1. The molecule has 2 unspecified atom stereocenters. The van der Waals surface area contributed by atoms with Gasteiger partial charge in [-0.15, -0.1) is 11.3 Å². The van der Waals surface area contributed by atoms with E-state index in [-0.39, 0.29) is 16.4 Å². The number of fused-ring (bicyclic) bond motifs is 2. The summed E-state index contributed by atoms with van der Waals surface area (Å²) in [5.41, 5.74) is 0. The van der Waals surface area contributed by atoms with Gasteiger partial charge in [-0.05, 0) is 43.9 Å². The molecule has 1 aromatic heterocycles. The molecule has 2 N–H and O–H groups in total. The molecule has 0 spiro atoms. The molecule has 0 radical (unpaired) electrons. The molecule has 8 heteroatoms. The van der Waals surface area contributed by atoms with Crippen molar-refractivity contribution in [3.63, 3.8) is 0 Å². The Morgan fingerprint density at radius 2 is 1.90 bits per heavy atom. The molecule has 2 aliphatic carbocycles. The van der Waals surface area contributed by atoms with E-state index in [1.165, 1.54) is 6.20 Å². The van der Waals surface area contributed by atoms with Gasteiger partial charge in [-0.3, -0.25) is 4.79 Å². The van der Waals surface area contributed by atoms with Crippen molar-refractivity contribution in [2.75, 3.05) is 0 Å². The zero-order valence-electron chi connectivity index (χ0n) is 11.4. The fourth-order valence-electron chi connectivity index (χ4n) is 3.63. The average Bonchev–Trinajstić information content (AvgIpc) is 2.91. The number of hydrogen-bond acceptors (Lipinski definition) is 6. The lowest BCUT2D eigenvalue weighted by atomic mass is 9.67. The van der Waals surface area contributed by atoms with Crippen molar-refractivity contribution >= 4 is 27.3 Å². The van der Waals surface area contributed by atoms with Gasteiger partial charge in [0, 0.05) is 17.5 Å². The van der Waals surface area contributed by atoms with Crippen LogP contribution >= 0.6 is 11.3 Å². The van der Waals surface area contributed by atoms with Crippen LogP contribution in [0, 0.1) is 17.8 Å². The minimum Gasteiger partial charge on any atom is -0.393 e. The van der Waals surface area contributed by atoms with E-state index >= 15 is 0 Å². The summed E-state index contributed by atoms with van der Waals surface area (Å²) in [5.74, 6) is -0.0658. The van der Waals surface area contributed by atoms with Crippen molar-refractivity contribution in [1.29, 1.82) is 0 Å². The number of aromatic nitrogens is 1. The van der Waals surface area contributed by atoms with E-state index in [4.69, 9.17) is 0 Å². The van der Waals surface area contributed by atoms with Crippen LogP contribution in [0.1, 0.15) is 32.1 Å². The molecule has 21 heavy (non-hydrogen) atoms. The van der Waals surface area contributed by atoms with Gasteiger partial charge in [-0.25, -0.2) is 9.71 Å². The van der Waals surface area contributed by atoms with E-state index in [0.717, 1.165) is 30.6 Å². The van der Waals surface area contributed by atoms with Crippen LogP contribution in [0.25, 0.3) is 0 Å². The molecule has 0 aromatic carbocycles. The molecule has 2 fully saturated rings. The molecule has 116 valence electrons. The van der Waals surface area contributed by atoms with Gasteiger partial charge in [-0.1, -0.05) is 0 Å². The van der Waals surface area contributed by atoms with Crippen LogP contribution in [-0.4, -0.2) is 30.5 Å². The van der Waals surface area contributed by atoms with Gasteiger partial charge in [0.05, 0.1) is 6.10 Å². The molecule has 4 atom stereocenters. The first kappa shape index (κ1) is 14.9. The average molecular weight is 330 g/mol. The van der Waals surface area contributed by atoms with Crippen LogP contribution < -0.4 is 4.72 Å². The Morgan fingerprint density at radius 3 is 2.48 bits per heavy atom. The highest BCUT2D eigenvalue weighted by molar-refractivity contribution is 7.92. The van der Waals surface area contributed by atoms with Gasteiger partial charge in [0.15, 0.2) is 0 Å². The van der Waals surface area contributed by atoms with Crippen molar-refractivity contribution in [2.45, 2.75) is 42.5 Å². The van der Waals surface area contributed by atoms with Gasteiger partial charge in [0.2, 0.25) is 10.2 Å². The van der Waals surface area contributed by atoms with E-state index in [0.29, 0.717) is 24.7 Å². The minimum atomic E-state index is -3.84. The summed E-state index contributed by atoms with van der Waals surface area (Å²) >= 11 is 0.989. The highest BCUT2D eigenvalue weighted by Crippen LogP contribution is 2.42. The smallest absolute Gasteiger partial charge is 0.291 e. The van der Waals surface area contributed by atoms with E-state index in [1.54, 1.807) is 5.38 Å². The zero-order valence-corrected chi connectivity index (χ0v) is 13.1. The maximum atomic E-state index is 12.2. The molecule has 1 heterocycles. The Balaban J connectivity index is 1.67. The zero-order chi connectivity index (χ0) is 15.0. The summed E-state index contributed by atoms with van der Waals surface area (Å²) in [4.78, 5) is 16.0. The number of sulfonamides is 1. The normalized spacial score (nSPS) is 32.6. The van der Waals surface area contributed by atoms with Gasteiger partial charge in [0.1, 0.15) is 0 Å². The number of hydrogen-bond donors (Lipinski definition) is 2. The fraction of sp³-hybridized carbons (Fsp3) is 0.692. The molecular formula is C13H18N2O4S2. The molecule has 2 aliphatic rings. The summed E-state index contributed by atoms with van der Waals surface area (Å²) in [7, 11) is -3.84. The van der Waals surface area contributed by atoms with Crippen molar-refractivity contribution in [1.82, 2.24) is 9.71 Å². The van der Waals surface area contributed by atoms with Gasteiger partial charge in [0.25, 0.3) is 10.0 Å². The number of aliphatic hydroxyl groups is 1. The van der Waals surface area contributed by atoms with Crippen LogP contribution in [0.15, 0.2) is 15.9 Å². The maximum absolute atomic E-state index is 12.2. The summed E-state index contributed by atoms with van der Waals surface area (Å²) in [6.45, 7) is 0. The van der Waals surface area contributed by atoms with E-state index in [9.17, 15) is 18.3 Å². The first-order chi connectivity index (χ1) is 9.94. The number of nitrogens with zero attached hydrogens (tertiary/aromatic N) is 1. The van der Waals surface area contributed by atoms with E-state index in [2.05, 4.69) is 9.71 Å². The third kappa shape index (κ3) is 3.27. The Morgan fingerprint density at radius 1 is 1.24 bits per heavy atom. The number of aliphatic hydroxyl groups excluding tert-OH is 1. The first-order valence-corrected chi connectivity index (χ1v) is 9.44. The quantitative estimate of drug-likeness (QED) is 0.866. The second kappa shape index (κ2) is 5.66. The summed E-state index contributed by atoms with van der Waals surface area (Å²) in [6, 6.07) is 0. The molecule has 1 amide bonds. The predicted octanol–water partition coefficient (Wildman–Crippen LogP) is 1.14. The Labute approximate surface area is 127 Å². The van der Waals surface area contributed by atoms with Crippen LogP contribution in [0.4, 0.5) is 0 Å². The predicted molar refractivity (Wildman–Crippen MR) is 77.0 cm³/mol. The van der Waals surface area contributed by atoms with Gasteiger partial charge in [-0.2, -0.15) is 8.42 Å². The lowest BCUT2D eigenvalue weighted by molar-refractivity contribution is -0.126. The van der Waals surface area contributed by atoms with Crippen LogP contribution in [0.5, 0.6) is 0 Å². The van der Waals surface area contributed by atoms with Crippen LogP contribution in [-0.2, 0) is 14.8 Å². The van der Waals surface area contributed by atoms with Crippen LogP contribution in [0.3, 0.4) is 0 Å². The molecule has 1 aromatic rings. The van der Waals surface area contributed by atoms with Gasteiger partial charge >= 0.3 is 0 Å². The first-order valence-electron chi connectivity index (χ1n) is 7.08. The molecule has 3 rings (SSSR count). The molecule has 0 saturated heterocycles. The van der Waals surface area contributed by atoms with Gasteiger partial charge < -0.3 is 5.11 Å². The third-order valence-electron chi connectivity index (χ3n) is 4.36. The minimum absolute atomic E-state index is 0.0812. The molecule has 2 bridgehead atoms. The van der Waals surface area contributed by atoms with Crippen molar-refractivity contribution in [2.24, 2.45) is 17.8 Å². The number of nitrogens with one attached hydrogen (secondary N) is 1. The molecular weight excluding hydrogens is 312 g/mol. The molecule has 6 nitrogen and oxygen atoms in total. The standard InChI is InChI=1S/C13H18N2O4S2/c16-11-6-8-3-9(7-11)5-10(4-8)12(17)15-21(18,19)13-14-1-2-20-13/h1-2,8-11,16H,3-7H2,(H,15,17)/t8-,9+,10?,11?. The van der Waals surface area contributed by atoms with E-state index < -0.39 is 15.9 Å². The second-order valence-electron chi connectivity index (χ2n) is 6.03. The second-order valence-corrected chi connectivity index (χ2v) is 8.78. The number of carbonyl (C=O) groups is 1. The fourth-order valence-corrected chi connectivity index (χ4v) is 5.51. The highest BCUT2D eigenvalue weighted by atomic mass is 32.2. The topological polar surface area (TPSA) is 96.4 Å². The Bertz CT molecular complexity index is 596. The number of carbonyl (C=O) groups excluding carboxylic acids is 1. The summed E-state index contributed by atoms with van der Waals surface area (Å²) in [6.07, 6.45) is 4.94. The van der Waals surface area contributed by atoms with Crippen molar-refractivity contribution < 1.29 is 18.3 Å². The summed E-state index contributed by atoms with van der Waals surface area (Å²) in [5, 5.41) is 11.3. The number of rotatable bonds is 3. The van der Waals surface area contributed by atoms with Crippen LogP contribution in [0.2, 0.25) is 0 Å². The Hall–Kier alpha value is -0.990. The van der Waals surface area contributed by atoms with E-state index in [1.807, 2.05) is 0 Å². The number of amides is 1. The summed E-state index contributed by atoms with van der Waals surface area (Å²) < 4.78 is 26.1. The SMILES string of the molecule is O=C(NS(=O)(=O)c1nccs1)C1C[C@H]2CC(O)C[C@@H](C1)C2. The maximum Gasteiger partial charge on any atom is 0.291 e. The Kier molecular flexibility index (Phi) is 4.02. The lowest BCUT2D eigenvalue weighted by Gasteiger charge is -2.40. The van der Waals surface area contributed by atoms with Crippen molar-refractivity contribution in [3.8, 4) is 0 Å². The monoisotopic (exact) mass is 330 g/mol.